The number of benzene rings is 1. The third-order valence-corrected chi connectivity index (χ3v) is 4.97. The highest BCUT2D eigenvalue weighted by atomic mass is 32.2. The normalized spacial score (nSPS) is 14.9. The summed E-state index contributed by atoms with van der Waals surface area (Å²) >= 11 is 0. The maximum atomic E-state index is 13.5. The molecule has 0 saturated heterocycles. The van der Waals surface area contributed by atoms with Crippen molar-refractivity contribution < 1.29 is 26.8 Å². The van der Waals surface area contributed by atoms with E-state index in [1.807, 2.05) is 0 Å². The van der Waals surface area contributed by atoms with Crippen molar-refractivity contribution in [3.05, 3.63) is 29.8 Å². The quantitative estimate of drug-likeness (QED) is 0.806. The molecule has 1 saturated carbocycles. The standard InChI is InChI=1S/C14H16F2N2O4S/c15-10-4-5-12(11(16)8-10)23(21,22)18-13(19)6-7-17-14(20)9-2-1-3-9/h4-5,8-9H,1-3,6-7H2,(H,17,20)(H,18,19). The van der Waals surface area contributed by atoms with Crippen molar-refractivity contribution in [2.75, 3.05) is 6.54 Å². The van der Waals surface area contributed by atoms with Gasteiger partial charge in [-0.25, -0.2) is 21.9 Å². The van der Waals surface area contributed by atoms with E-state index in [0.717, 1.165) is 31.4 Å². The van der Waals surface area contributed by atoms with Gasteiger partial charge in [-0.05, 0) is 25.0 Å². The molecule has 1 aliphatic rings. The first-order chi connectivity index (χ1) is 10.8. The van der Waals surface area contributed by atoms with E-state index >= 15 is 0 Å². The van der Waals surface area contributed by atoms with Crippen LogP contribution in [0.5, 0.6) is 0 Å². The fourth-order valence-corrected chi connectivity index (χ4v) is 3.14. The fraction of sp³-hybridized carbons (Fsp3) is 0.429. The Bertz CT molecular complexity index is 717. The Kier molecular flexibility index (Phi) is 5.30. The molecule has 1 aromatic rings. The van der Waals surface area contributed by atoms with Gasteiger partial charge in [0.05, 0.1) is 0 Å². The summed E-state index contributed by atoms with van der Waals surface area (Å²) in [6.45, 7) is -0.0113. The molecule has 0 bridgehead atoms. The second-order valence-electron chi connectivity index (χ2n) is 5.27. The van der Waals surface area contributed by atoms with E-state index in [1.54, 1.807) is 4.72 Å². The second-order valence-corrected chi connectivity index (χ2v) is 6.92. The van der Waals surface area contributed by atoms with Gasteiger partial charge in [0.25, 0.3) is 10.0 Å². The van der Waals surface area contributed by atoms with E-state index < -0.39 is 32.5 Å². The highest BCUT2D eigenvalue weighted by Gasteiger charge is 2.25. The van der Waals surface area contributed by atoms with Gasteiger partial charge in [0.2, 0.25) is 11.8 Å². The summed E-state index contributed by atoms with van der Waals surface area (Å²) in [6.07, 6.45) is 2.37. The Morgan fingerprint density at radius 3 is 2.48 bits per heavy atom. The largest absolute Gasteiger partial charge is 0.355 e. The maximum Gasteiger partial charge on any atom is 0.266 e. The number of carbonyl (C=O) groups is 2. The van der Waals surface area contributed by atoms with Gasteiger partial charge in [-0.15, -0.1) is 0 Å². The van der Waals surface area contributed by atoms with Crippen molar-refractivity contribution in [3.8, 4) is 0 Å². The monoisotopic (exact) mass is 346 g/mol. The molecule has 6 nitrogen and oxygen atoms in total. The van der Waals surface area contributed by atoms with E-state index in [1.165, 1.54) is 0 Å². The molecule has 0 aliphatic heterocycles. The number of carbonyl (C=O) groups excluding carboxylic acids is 2. The third kappa shape index (κ3) is 4.47. The van der Waals surface area contributed by atoms with Gasteiger partial charge in [0, 0.05) is 24.9 Å². The van der Waals surface area contributed by atoms with Crippen LogP contribution in [0.3, 0.4) is 0 Å². The summed E-state index contributed by atoms with van der Waals surface area (Å²) in [6, 6.07) is 1.93. The van der Waals surface area contributed by atoms with Crippen LogP contribution in [0.2, 0.25) is 0 Å². The van der Waals surface area contributed by atoms with Crippen molar-refractivity contribution in [3.63, 3.8) is 0 Å². The molecule has 23 heavy (non-hydrogen) atoms. The maximum absolute atomic E-state index is 13.5. The van der Waals surface area contributed by atoms with E-state index in [-0.39, 0.29) is 24.8 Å². The van der Waals surface area contributed by atoms with Crippen LogP contribution in [0.1, 0.15) is 25.7 Å². The van der Waals surface area contributed by atoms with Crippen LogP contribution in [-0.4, -0.2) is 26.8 Å². The van der Waals surface area contributed by atoms with Gasteiger partial charge < -0.3 is 5.32 Å². The van der Waals surface area contributed by atoms with Gasteiger partial charge in [0.15, 0.2) is 0 Å². The lowest BCUT2D eigenvalue weighted by Crippen LogP contribution is -2.38. The molecule has 2 rings (SSSR count). The number of hydrogen-bond donors (Lipinski definition) is 2. The minimum absolute atomic E-state index is 0.0113. The Morgan fingerprint density at radius 2 is 1.91 bits per heavy atom. The van der Waals surface area contributed by atoms with E-state index in [9.17, 15) is 26.8 Å². The smallest absolute Gasteiger partial charge is 0.266 e. The summed E-state index contributed by atoms with van der Waals surface area (Å²) in [5.41, 5.74) is 0. The molecule has 1 aliphatic carbocycles. The minimum atomic E-state index is -4.42. The highest BCUT2D eigenvalue weighted by Crippen LogP contribution is 2.26. The zero-order valence-corrected chi connectivity index (χ0v) is 13.0. The first-order valence-corrected chi connectivity index (χ1v) is 8.56. The predicted molar refractivity (Wildman–Crippen MR) is 76.7 cm³/mol. The summed E-state index contributed by atoms with van der Waals surface area (Å²) < 4.78 is 51.6. The molecule has 0 spiro atoms. The number of nitrogens with one attached hydrogen (secondary N) is 2. The van der Waals surface area contributed by atoms with Crippen LogP contribution in [0.15, 0.2) is 23.1 Å². The van der Waals surface area contributed by atoms with E-state index in [2.05, 4.69) is 5.32 Å². The number of halogens is 2. The van der Waals surface area contributed by atoms with Crippen LogP contribution in [-0.2, 0) is 19.6 Å². The first kappa shape index (κ1) is 17.3. The predicted octanol–water partition coefficient (Wildman–Crippen LogP) is 1.08. The van der Waals surface area contributed by atoms with Crippen LogP contribution < -0.4 is 10.0 Å². The average molecular weight is 346 g/mol. The summed E-state index contributed by atoms with van der Waals surface area (Å²) in [5, 5.41) is 2.54. The molecule has 0 unspecified atom stereocenters. The summed E-state index contributed by atoms with van der Waals surface area (Å²) in [5.74, 6) is -3.29. The Labute approximate surface area is 132 Å². The molecule has 0 atom stereocenters. The van der Waals surface area contributed by atoms with E-state index in [4.69, 9.17) is 0 Å². The zero-order chi connectivity index (χ0) is 17.0. The summed E-state index contributed by atoms with van der Waals surface area (Å²) in [4.78, 5) is 22.3. The summed E-state index contributed by atoms with van der Waals surface area (Å²) in [7, 11) is -4.42. The molecule has 0 aromatic heterocycles. The van der Waals surface area contributed by atoms with Crippen molar-refractivity contribution in [1.82, 2.24) is 10.0 Å². The Morgan fingerprint density at radius 1 is 1.22 bits per heavy atom. The van der Waals surface area contributed by atoms with Crippen LogP contribution >= 0.6 is 0 Å². The first-order valence-electron chi connectivity index (χ1n) is 7.08. The lowest BCUT2D eigenvalue weighted by Gasteiger charge is -2.23. The van der Waals surface area contributed by atoms with Gasteiger partial charge >= 0.3 is 0 Å². The lowest BCUT2D eigenvalue weighted by atomic mass is 9.85. The van der Waals surface area contributed by atoms with Crippen molar-refractivity contribution in [2.45, 2.75) is 30.6 Å². The molecule has 2 N–H and O–H groups in total. The lowest BCUT2D eigenvalue weighted by molar-refractivity contribution is -0.127. The van der Waals surface area contributed by atoms with Gasteiger partial charge in [-0.2, -0.15) is 0 Å². The highest BCUT2D eigenvalue weighted by molar-refractivity contribution is 7.90. The van der Waals surface area contributed by atoms with Crippen molar-refractivity contribution in [1.29, 1.82) is 0 Å². The molecule has 2 amide bonds. The molecule has 9 heteroatoms. The third-order valence-electron chi connectivity index (χ3n) is 3.56. The topological polar surface area (TPSA) is 92.3 Å². The minimum Gasteiger partial charge on any atom is -0.355 e. The number of hydrogen-bond acceptors (Lipinski definition) is 4. The van der Waals surface area contributed by atoms with Crippen molar-refractivity contribution >= 4 is 21.8 Å². The number of rotatable bonds is 6. The zero-order valence-electron chi connectivity index (χ0n) is 12.1. The molecule has 0 radical (unpaired) electrons. The van der Waals surface area contributed by atoms with Gasteiger partial charge in [-0.1, -0.05) is 6.42 Å². The Hall–Kier alpha value is -2.03. The molecule has 1 fully saturated rings. The number of amides is 2. The number of sulfonamides is 1. The van der Waals surface area contributed by atoms with Crippen molar-refractivity contribution in [2.24, 2.45) is 5.92 Å². The van der Waals surface area contributed by atoms with Crippen LogP contribution in [0.25, 0.3) is 0 Å². The van der Waals surface area contributed by atoms with Gasteiger partial charge in [-0.3, -0.25) is 9.59 Å². The average Bonchev–Trinajstić information content (AvgIpc) is 2.35. The fourth-order valence-electron chi connectivity index (χ4n) is 2.06. The Balaban J connectivity index is 1.87. The van der Waals surface area contributed by atoms with Gasteiger partial charge in [0.1, 0.15) is 16.5 Å². The molecule has 0 heterocycles. The molecule has 126 valence electrons. The molecular formula is C14H16F2N2O4S. The van der Waals surface area contributed by atoms with E-state index in [0.29, 0.717) is 6.07 Å². The van der Waals surface area contributed by atoms with Crippen LogP contribution in [0, 0.1) is 17.6 Å². The molecular weight excluding hydrogens is 330 g/mol. The van der Waals surface area contributed by atoms with Crippen LogP contribution in [0.4, 0.5) is 8.78 Å². The SMILES string of the molecule is O=C(CCNC(=O)C1CCC1)NS(=O)(=O)c1ccc(F)cc1F. The molecule has 1 aromatic carbocycles. The second kappa shape index (κ2) is 7.03.